The van der Waals surface area contributed by atoms with Crippen LogP contribution in [0.2, 0.25) is 0 Å². The number of benzene rings is 1. The second-order valence-electron chi connectivity index (χ2n) is 6.68. The molecule has 1 amide bonds. The maximum absolute atomic E-state index is 13.1. The summed E-state index contributed by atoms with van der Waals surface area (Å²) >= 11 is 0. The third kappa shape index (κ3) is 2.46. The van der Waals surface area contributed by atoms with Crippen molar-refractivity contribution in [3.63, 3.8) is 0 Å². The molecular formula is C19H20N2O2. The number of piperidine rings is 1. The first kappa shape index (κ1) is 15.5. The van der Waals surface area contributed by atoms with E-state index in [0.29, 0.717) is 13.1 Å². The van der Waals surface area contributed by atoms with Gasteiger partial charge >= 0.3 is 0 Å². The number of fused-ring (bicyclic) bond motifs is 1. The molecule has 1 fully saturated rings. The average molecular weight is 308 g/mol. The van der Waals surface area contributed by atoms with Gasteiger partial charge in [-0.05, 0) is 24.8 Å². The molecule has 1 saturated heterocycles. The molecule has 0 N–H and O–H groups in total. The van der Waals surface area contributed by atoms with E-state index in [4.69, 9.17) is 6.57 Å². The molecule has 3 rings (SSSR count). The Balaban J connectivity index is 1.92. The van der Waals surface area contributed by atoms with E-state index >= 15 is 0 Å². The highest BCUT2D eigenvalue weighted by molar-refractivity contribution is 6.02. The molecule has 4 nitrogen and oxygen atoms in total. The Morgan fingerprint density at radius 1 is 1.30 bits per heavy atom. The van der Waals surface area contributed by atoms with Gasteiger partial charge in [0.1, 0.15) is 0 Å². The van der Waals surface area contributed by atoms with E-state index in [1.165, 1.54) is 0 Å². The van der Waals surface area contributed by atoms with Crippen molar-refractivity contribution in [3.05, 3.63) is 59.1 Å². The minimum Gasteiger partial charge on any atom is -0.338 e. The number of likely N-dealkylation sites (tertiary alicyclic amines) is 1. The van der Waals surface area contributed by atoms with Gasteiger partial charge in [0.2, 0.25) is 11.6 Å². The molecule has 3 atom stereocenters. The molecule has 4 heteroatoms. The molecule has 1 aliphatic heterocycles. The van der Waals surface area contributed by atoms with Gasteiger partial charge in [-0.15, -0.1) is 0 Å². The molecule has 0 saturated carbocycles. The van der Waals surface area contributed by atoms with Gasteiger partial charge in [-0.3, -0.25) is 4.79 Å². The summed E-state index contributed by atoms with van der Waals surface area (Å²) in [6.07, 6.45) is 2.41. The fraction of sp³-hybridized carbons (Fsp3) is 0.421. The SMILES string of the molecule is [C-]#[N+]C1=C[C@@]2(C)C(=O)N(Cc3ccccc3)CC[C@@H]2[C@@H](C)C1=O. The molecule has 1 aliphatic carbocycles. The molecule has 1 aromatic rings. The Labute approximate surface area is 136 Å². The number of ketones is 1. The predicted molar refractivity (Wildman–Crippen MR) is 86.9 cm³/mol. The zero-order valence-corrected chi connectivity index (χ0v) is 13.5. The van der Waals surface area contributed by atoms with E-state index in [2.05, 4.69) is 4.85 Å². The summed E-state index contributed by atoms with van der Waals surface area (Å²) in [5.74, 6) is -0.373. The normalized spacial score (nSPS) is 30.5. The van der Waals surface area contributed by atoms with Crippen molar-refractivity contribution < 1.29 is 9.59 Å². The Morgan fingerprint density at radius 3 is 2.65 bits per heavy atom. The van der Waals surface area contributed by atoms with E-state index in [-0.39, 0.29) is 29.2 Å². The highest BCUT2D eigenvalue weighted by Crippen LogP contribution is 2.47. The minimum absolute atomic E-state index is 0.0139. The zero-order chi connectivity index (χ0) is 16.6. The minimum atomic E-state index is -0.750. The third-order valence-electron chi connectivity index (χ3n) is 5.27. The maximum atomic E-state index is 13.1. The van der Waals surface area contributed by atoms with Crippen LogP contribution in [0.3, 0.4) is 0 Å². The Hall–Kier alpha value is -2.41. The summed E-state index contributed by atoms with van der Waals surface area (Å²) in [5, 5.41) is 0. The fourth-order valence-electron chi connectivity index (χ4n) is 3.95. The number of Topliss-reactive ketones (excluding diaryl/α,β-unsaturated/α-hetero) is 1. The van der Waals surface area contributed by atoms with Crippen LogP contribution in [0.15, 0.2) is 42.1 Å². The van der Waals surface area contributed by atoms with E-state index in [1.54, 1.807) is 6.08 Å². The molecule has 0 spiro atoms. The highest BCUT2D eigenvalue weighted by Gasteiger charge is 2.52. The van der Waals surface area contributed by atoms with E-state index in [0.717, 1.165) is 12.0 Å². The Kier molecular flexibility index (Phi) is 3.81. The van der Waals surface area contributed by atoms with Crippen LogP contribution in [0.5, 0.6) is 0 Å². The number of rotatable bonds is 2. The lowest BCUT2D eigenvalue weighted by Crippen LogP contribution is -2.55. The Bertz CT molecular complexity index is 717. The Morgan fingerprint density at radius 2 is 2.00 bits per heavy atom. The van der Waals surface area contributed by atoms with Crippen LogP contribution in [0.4, 0.5) is 0 Å². The molecule has 0 aromatic heterocycles. The molecule has 23 heavy (non-hydrogen) atoms. The van der Waals surface area contributed by atoms with E-state index in [1.807, 2.05) is 49.1 Å². The number of carbonyl (C=O) groups is 2. The average Bonchev–Trinajstić information content (AvgIpc) is 2.56. The van der Waals surface area contributed by atoms with Gasteiger partial charge in [0.15, 0.2) is 5.78 Å². The number of carbonyl (C=O) groups excluding carboxylic acids is 2. The molecule has 0 bridgehead atoms. The monoisotopic (exact) mass is 308 g/mol. The summed E-state index contributed by atoms with van der Waals surface area (Å²) in [4.78, 5) is 30.5. The molecule has 1 heterocycles. The van der Waals surface area contributed by atoms with Crippen LogP contribution < -0.4 is 0 Å². The quantitative estimate of drug-likeness (QED) is 0.788. The topological polar surface area (TPSA) is 41.7 Å². The van der Waals surface area contributed by atoms with Crippen molar-refractivity contribution >= 4 is 11.7 Å². The number of hydrogen-bond acceptors (Lipinski definition) is 2. The maximum Gasteiger partial charge on any atom is 0.231 e. The smallest absolute Gasteiger partial charge is 0.231 e. The second kappa shape index (κ2) is 5.66. The number of nitrogens with zero attached hydrogens (tertiary/aromatic N) is 2. The third-order valence-corrected chi connectivity index (χ3v) is 5.27. The largest absolute Gasteiger partial charge is 0.338 e. The van der Waals surface area contributed by atoms with Gasteiger partial charge < -0.3 is 9.69 Å². The lowest BCUT2D eigenvalue weighted by atomic mass is 9.61. The summed E-state index contributed by atoms with van der Waals surface area (Å²) in [7, 11) is 0. The van der Waals surface area contributed by atoms with Gasteiger partial charge in [-0.2, -0.15) is 0 Å². The first-order chi connectivity index (χ1) is 11.0. The van der Waals surface area contributed by atoms with Crippen LogP contribution in [0.1, 0.15) is 25.8 Å². The number of hydrogen-bond donors (Lipinski definition) is 0. The van der Waals surface area contributed by atoms with Gasteiger partial charge in [-0.1, -0.05) is 43.3 Å². The van der Waals surface area contributed by atoms with Crippen molar-refractivity contribution in [1.82, 2.24) is 4.90 Å². The highest BCUT2D eigenvalue weighted by atomic mass is 16.2. The standard InChI is InChI=1S/C19H20N2O2/c1-13-15-9-10-21(12-14-7-5-4-6-8-14)18(23)19(15,2)11-16(20-3)17(13)22/h4-8,11,13,15H,9-10,12H2,1-2H3/t13-,15-,19-/m1/s1. The van der Waals surface area contributed by atoms with E-state index in [9.17, 15) is 9.59 Å². The van der Waals surface area contributed by atoms with Gasteiger partial charge in [0, 0.05) is 19.0 Å². The van der Waals surface area contributed by atoms with Crippen LogP contribution in [0.25, 0.3) is 4.85 Å². The van der Waals surface area contributed by atoms with Crippen LogP contribution in [-0.4, -0.2) is 23.1 Å². The lowest BCUT2D eigenvalue weighted by molar-refractivity contribution is -0.150. The van der Waals surface area contributed by atoms with Crippen molar-refractivity contribution in [2.24, 2.45) is 17.3 Å². The van der Waals surface area contributed by atoms with Crippen molar-refractivity contribution in [2.75, 3.05) is 6.54 Å². The number of amides is 1. The van der Waals surface area contributed by atoms with Gasteiger partial charge in [0.25, 0.3) is 0 Å². The molecular weight excluding hydrogens is 288 g/mol. The summed E-state index contributed by atoms with van der Waals surface area (Å²) in [6.45, 7) is 12.2. The van der Waals surface area contributed by atoms with Gasteiger partial charge in [0.05, 0.1) is 12.0 Å². The van der Waals surface area contributed by atoms with Crippen LogP contribution in [-0.2, 0) is 16.1 Å². The first-order valence-corrected chi connectivity index (χ1v) is 7.95. The fourth-order valence-corrected chi connectivity index (χ4v) is 3.95. The molecule has 0 radical (unpaired) electrons. The first-order valence-electron chi connectivity index (χ1n) is 7.95. The van der Waals surface area contributed by atoms with Gasteiger partial charge in [-0.25, -0.2) is 4.85 Å². The lowest BCUT2D eigenvalue weighted by Gasteiger charge is -2.48. The zero-order valence-electron chi connectivity index (χ0n) is 13.5. The summed E-state index contributed by atoms with van der Waals surface area (Å²) in [5.41, 5.74) is 0.462. The summed E-state index contributed by atoms with van der Waals surface area (Å²) in [6, 6.07) is 9.90. The molecule has 118 valence electrons. The molecule has 1 aromatic carbocycles. The van der Waals surface area contributed by atoms with Crippen molar-refractivity contribution in [1.29, 1.82) is 0 Å². The predicted octanol–water partition coefficient (Wildman–Crippen LogP) is 3.06. The van der Waals surface area contributed by atoms with Crippen LogP contribution in [0, 0.1) is 23.8 Å². The molecule has 0 unspecified atom stereocenters. The van der Waals surface area contributed by atoms with Crippen LogP contribution >= 0.6 is 0 Å². The number of allylic oxidation sites excluding steroid dienone is 1. The summed E-state index contributed by atoms with van der Waals surface area (Å²) < 4.78 is 0. The second-order valence-corrected chi connectivity index (χ2v) is 6.68. The molecule has 2 aliphatic rings. The van der Waals surface area contributed by atoms with E-state index < -0.39 is 5.41 Å². The van der Waals surface area contributed by atoms with Crippen molar-refractivity contribution in [3.8, 4) is 0 Å². The van der Waals surface area contributed by atoms with Crippen molar-refractivity contribution in [2.45, 2.75) is 26.8 Å².